The van der Waals surface area contributed by atoms with Gasteiger partial charge in [-0.25, -0.2) is 14.8 Å². The van der Waals surface area contributed by atoms with E-state index in [-0.39, 0.29) is 6.03 Å². The first kappa shape index (κ1) is 19.5. The van der Waals surface area contributed by atoms with E-state index in [1.54, 1.807) is 13.2 Å². The largest absolute Gasteiger partial charge is 0.494 e. The van der Waals surface area contributed by atoms with Crippen LogP contribution in [0.3, 0.4) is 0 Å². The van der Waals surface area contributed by atoms with Crippen LogP contribution in [0, 0.1) is 12.3 Å². The molecule has 7 nitrogen and oxygen atoms in total. The van der Waals surface area contributed by atoms with Gasteiger partial charge in [0, 0.05) is 35.8 Å². The van der Waals surface area contributed by atoms with Crippen molar-refractivity contribution < 1.29 is 9.53 Å². The number of anilines is 3. The first-order valence-electron chi connectivity index (χ1n) is 9.90. The number of ether oxygens (including phenoxy) is 1. The van der Waals surface area contributed by atoms with Gasteiger partial charge in [-0.2, -0.15) is 0 Å². The van der Waals surface area contributed by atoms with E-state index >= 15 is 0 Å². The lowest BCUT2D eigenvalue weighted by molar-refractivity contribution is 0.200. The van der Waals surface area contributed by atoms with Gasteiger partial charge in [0.15, 0.2) is 0 Å². The Morgan fingerprint density at radius 2 is 2.00 bits per heavy atom. The molecule has 1 aromatic heterocycles. The predicted molar refractivity (Wildman–Crippen MR) is 118 cm³/mol. The maximum absolute atomic E-state index is 12.7. The third-order valence-corrected chi connectivity index (χ3v) is 5.13. The molecule has 30 heavy (non-hydrogen) atoms. The number of aromatic nitrogens is 2. The van der Waals surface area contributed by atoms with Crippen molar-refractivity contribution in [1.29, 1.82) is 0 Å². The number of fused-ring (bicyclic) bond motifs is 1. The lowest BCUT2D eigenvalue weighted by atomic mass is 10.1. The van der Waals surface area contributed by atoms with Crippen molar-refractivity contribution in [2.75, 3.05) is 30.8 Å². The summed E-state index contributed by atoms with van der Waals surface area (Å²) < 4.78 is 5.49. The van der Waals surface area contributed by atoms with E-state index in [9.17, 15) is 4.79 Å². The third kappa shape index (κ3) is 4.13. The molecule has 0 aliphatic carbocycles. The second-order valence-electron chi connectivity index (χ2n) is 7.12. The standard InChI is InChI=1S/C23H23N5O2/c1-3-16-8-7-9-17(12-16)26-22-18-13-20(21(30-2)14-19(18)24-15-25-22)27-23(29)28-10-5-4-6-11-28/h1,7-9,12-15H,4-6,10-11H2,2H3,(H,27,29)(H,24,25,26). The van der Waals surface area contributed by atoms with Crippen LogP contribution < -0.4 is 15.4 Å². The molecular weight excluding hydrogens is 378 g/mol. The van der Waals surface area contributed by atoms with Gasteiger partial charge in [-0.3, -0.25) is 0 Å². The monoisotopic (exact) mass is 401 g/mol. The highest BCUT2D eigenvalue weighted by Gasteiger charge is 2.19. The Bertz CT molecular complexity index is 1120. The molecule has 0 bridgehead atoms. The molecule has 1 aliphatic heterocycles. The van der Waals surface area contributed by atoms with Gasteiger partial charge in [-0.1, -0.05) is 12.0 Å². The van der Waals surface area contributed by atoms with E-state index in [1.807, 2.05) is 35.2 Å². The molecule has 0 radical (unpaired) electrons. The number of urea groups is 1. The molecule has 0 atom stereocenters. The zero-order valence-corrected chi connectivity index (χ0v) is 16.8. The number of nitrogens with zero attached hydrogens (tertiary/aromatic N) is 3. The van der Waals surface area contributed by atoms with Gasteiger partial charge in [0.05, 0.1) is 18.3 Å². The SMILES string of the molecule is C#Cc1cccc(Nc2ncnc3cc(OC)c(NC(=O)N4CCCCC4)cc23)c1. The van der Waals surface area contributed by atoms with Crippen LogP contribution in [-0.4, -0.2) is 41.1 Å². The summed E-state index contributed by atoms with van der Waals surface area (Å²) in [7, 11) is 1.57. The molecule has 152 valence electrons. The van der Waals surface area contributed by atoms with Crippen molar-refractivity contribution in [3.05, 3.63) is 48.3 Å². The molecule has 0 unspecified atom stereocenters. The van der Waals surface area contributed by atoms with Crippen molar-refractivity contribution in [1.82, 2.24) is 14.9 Å². The number of piperidine rings is 1. The molecule has 1 saturated heterocycles. The topological polar surface area (TPSA) is 79.4 Å². The number of hydrogen-bond acceptors (Lipinski definition) is 5. The summed E-state index contributed by atoms with van der Waals surface area (Å²) in [6.07, 6.45) is 10.2. The van der Waals surface area contributed by atoms with E-state index in [4.69, 9.17) is 11.2 Å². The summed E-state index contributed by atoms with van der Waals surface area (Å²) in [5.41, 5.74) is 2.87. The minimum Gasteiger partial charge on any atom is -0.494 e. The summed E-state index contributed by atoms with van der Waals surface area (Å²) in [5.74, 6) is 3.79. The van der Waals surface area contributed by atoms with Crippen LogP contribution in [0.5, 0.6) is 5.75 Å². The normalized spacial score (nSPS) is 13.5. The second-order valence-corrected chi connectivity index (χ2v) is 7.12. The number of likely N-dealkylation sites (tertiary alicyclic amines) is 1. The Kier molecular flexibility index (Phi) is 5.66. The first-order chi connectivity index (χ1) is 14.7. The number of benzene rings is 2. The Morgan fingerprint density at radius 1 is 1.17 bits per heavy atom. The van der Waals surface area contributed by atoms with Crippen LogP contribution in [0.1, 0.15) is 24.8 Å². The van der Waals surface area contributed by atoms with Crippen LogP contribution in [0.2, 0.25) is 0 Å². The Morgan fingerprint density at radius 3 is 2.77 bits per heavy atom. The van der Waals surface area contributed by atoms with E-state index in [2.05, 4.69) is 26.5 Å². The number of carbonyl (C=O) groups excluding carboxylic acids is 1. The molecule has 0 saturated carbocycles. The Hall–Kier alpha value is -3.79. The third-order valence-electron chi connectivity index (χ3n) is 5.13. The zero-order valence-electron chi connectivity index (χ0n) is 16.8. The highest BCUT2D eigenvalue weighted by Crippen LogP contribution is 2.33. The fraction of sp³-hybridized carbons (Fsp3) is 0.261. The van der Waals surface area contributed by atoms with Gasteiger partial charge < -0.3 is 20.3 Å². The molecule has 7 heteroatoms. The number of hydrogen-bond donors (Lipinski definition) is 2. The highest BCUT2D eigenvalue weighted by atomic mass is 16.5. The smallest absolute Gasteiger partial charge is 0.321 e. The molecular formula is C23H23N5O2. The van der Waals surface area contributed by atoms with Gasteiger partial charge in [0.1, 0.15) is 17.9 Å². The summed E-state index contributed by atoms with van der Waals surface area (Å²) in [5, 5.41) is 7.04. The van der Waals surface area contributed by atoms with Gasteiger partial charge in [-0.15, -0.1) is 6.42 Å². The zero-order chi connectivity index (χ0) is 20.9. The molecule has 0 spiro atoms. The Balaban J connectivity index is 1.68. The number of carbonyl (C=O) groups is 1. The van der Waals surface area contributed by atoms with E-state index in [0.717, 1.165) is 49.0 Å². The van der Waals surface area contributed by atoms with Crippen molar-refractivity contribution in [2.45, 2.75) is 19.3 Å². The fourth-order valence-electron chi connectivity index (χ4n) is 3.56. The van der Waals surface area contributed by atoms with Crippen molar-refractivity contribution in [3.8, 4) is 18.1 Å². The summed E-state index contributed by atoms with van der Waals surface area (Å²) in [6, 6.07) is 11.0. The molecule has 4 rings (SSSR count). The second kappa shape index (κ2) is 8.70. The molecule has 2 heterocycles. The van der Waals surface area contributed by atoms with Crippen LogP contribution >= 0.6 is 0 Å². The first-order valence-corrected chi connectivity index (χ1v) is 9.90. The number of methoxy groups -OCH3 is 1. The van der Waals surface area contributed by atoms with Crippen molar-refractivity contribution in [2.24, 2.45) is 0 Å². The lowest BCUT2D eigenvalue weighted by Crippen LogP contribution is -2.38. The van der Waals surface area contributed by atoms with Crippen molar-refractivity contribution in [3.63, 3.8) is 0 Å². The maximum Gasteiger partial charge on any atom is 0.321 e. The van der Waals surface area contributed by atoms with Crippen LogP contribution in [0.4, 0.5) is 22.0 Å². The average molecular weight is 401 g/mol. The molecule has 2 N–H and O–H groups in total. The quantitative estimate of drug-likeness (QED) is 0.634. The highest BCUT2D eigenvalue weighted by molar-refractivity contribution is 5.99. The maximum atomic E-state index is 12.7. The molecule has 2 amide bonds. The van der Waals surface area contributed by atoms with E-state index in [0.29, 0.717) is 22.8 Å². The van der Waals surface area contributed by atoms with E-state index in [1.165, 1.54) is 6.33 Å². The van der Waals surface area contributed by atoms with Gasteiger partial charge in [0.2, 0.25) is 0 Å². The van der Waals surface area contributed by atoms with Crippen LogP contribution in [-0.2, 0) is 0 Å². The number of rotatable bonds is 4. The predicted octanol–water partition coefficient (Wildman–Crippen LogP) is 4.38. The number of amides is 2. The van der Waals surface area contributed by atoms with E-state index < -0.39 is 0 Å². The van der Waals surface area contributed by atoms with Crippen LogP contribution in [0.15, 0.2) is 42.7 Å². The lowest BCUT2D eigenvalue weighted by Gasteiger charge is -2.27. The van der Waals surface area contributed by atoms with Crippen LogP contribution in [0.25, 0.3) is 10.9 Å². The molecule has 2 aromatic carbocycles. The number of terminal acetylenes is 1. The fourth-order valence-corrected chi connectivity index (χ4v) is 3.56. The minimum absolute atomic E-state index is 0.125. The summed E-state index contributed by atoms with van der Waals surface area (Å²) in [6.45, 7) is 1.53. The van der Waals surface area contributed by atoms with Crippen molar-refractivity contribution >= 4 is 34.1 Å². The summed E-state index contributed by atoms with van der Waals surface area (Å²) in [4.78, 5) is 23.3. The minimum atomic E-state index is -0.125. The summed E-state index contributed by atoms with van der Waals surface area (Å²) >= 11 is 0. The Labute approximate surface area is 175 Å². The van der Waals surface area contributed by atoms with Gasteiger partial charge in [0.25, 0.3) is 0 Å². The van der Waals surface area contributed by atoms with Gasteiger partial charge >= 0.3 is 6.03 Å². The van der Waals surface area contributed by atoms with Gasteiger partial charge in [-0.05, 0) is 43.5 Å². The molecule has 3 aromatic rings. The number of nitrogens with one attached hydrogen (secondary N) is 2. The molecule has 1 fully saturated rings. The molecule has 1 aliphatic rings. The average Bonchev–Trinajstić information content (AvgIpc) is 2.79.